The molecule has 0 bridgehead atoms. The minimum atomic E-state index is -0.940. The fourth-order valence-electron chi connectivity index (χ4n) is 2.21. The molecule has 0 unspecified atom stereocenters. The van der Waals surface area contributed by atoms with Crippen molar-refractivity contribution in [3.63, 3.8) is 0 Å². The van der Waals surface area contributed by atoms with Crippen LogP contribution in [-0.4, -0.2) is 27.9 Å². The molecule has 1 aliphatic rings. The fraction of sp³-hybridized carbons (Fsp3) is 0.385. The molecule has 1 amide bonds. The molecule has 1 fully saturated rings. The lowest BCUT2D eigenvalue weighted by molar-refractivity contribution is -0.153. The molecule has 2 rings (SSSR count). The quantitative estimate of drug-likeness (QED) is 0.914. The highest BCUT2D eigenvalue weighted by atomic mass is 35.5. The summed E-state index contributed by atoms with van der Waals surface area (Å²) in [7, 11) is 0. The van der Waals surface area contributed by atoms with Crippen LogP contribution in [0.15, 0.2) is 24.3 Å². The van der Waals surface area contributed by atoms with E-state index in [1.807, 2.05) is 6.07 Å². The van der Waals surface area contributed by atoms with Gasteiger partial charge in [0, 0.05) is 18.0 Å². The minimum absolute atomic E-state index is 0.103. The number of aliphatic carboxylic acids is 1. The number of benzene rings is 1. The van der Waals surface area contributed by atoms with Crippen LogP contribution in [0.5, 0.6) is 0 Å². The molecule has 96 valence electrons. The molecule has 0 spiro atoms. The number of amides is 1. The molecule has 5 heteroatoms. The van der Waals surface area contributed by atoms with Crippen LogP contribution < -0.4 is 0 Å². The van der Waals surface area contributed by atoms with E-state index in [1.165, 1.54) is 4.90 Å². The Labute approximate surface area is 110 Å². The topological polar surface area (TPSA) is 57.6 Å². The van der Waals surface area contributed by atoms with Gasteiger partial charge in [0.05, 0.1) is 0 Å². The highest BCUT2D eigenvalue weighted by Crippen LogP contribution is 2.22. The van der Waals surface area contributed by atoms with Gasteiger partial charge in [-0.1, -0.05) is 23.7 Å². The Kier molecular flexibility index (Phi) is 3.87. The van der Waals surface area contributed by atoms with Gasteiger partial charge in [-0.05, 0) is 30.5 Å². The van der Waals surface area contributed by atoms with E-state index in [0.717, 1.165) is 5.56 Å². The molecule has 18 heavy (non-hydrogen) atoms. The number of rotatable bonds is 3. The maximum atomic E-state index is 11.8. The van der Waals surface area contributed by atoms with E-state index in [1.54, 1.807) is 18.2 Å². The molecule has 1 heterocycles. The molecule has 1 aromatic rings. The van der Waals surface area contributed by atoms with Gasteiger partial charge in [-0.25, -0.2) is 4.79 Å². The second-order valence-electron chi connectivity index (χ2n) is 4.40. The van der Waals surface area contributed by atoms with Gasteiger partial charge >= 0.3 is 5.97 Å². The largest absolute Gasteiger partial charge is 0.480 e. The Morgan fingerprint density at radius 1 is 1.50 bits per heavy atom. The third-order valence-electron chi connectivity index (χ3n) is 3.09. The van der Waals surface area contributed by atoms with Gasteiger partial charge in [0.2, 0.25) is 5.91 Å². The number of piperidine rings is 1. The number of carbonyl (C=O) groups excluding carboxylic acids is 1. The summed E-state index contributed by atoms with van der Waals surface area (Å²) < 4.78 is 0. The van der Waals surface area contributed by atoms with Gasteiger partial charge in [0.1, 0.15) is 6.04 Å². The SMILES string of the molecule is O=C(O)[C@H]1CCCC(=O)N1Cc1cccc(Cl)c1. The smallest absolute Gasteiger partial charge is 0.326 e. The lowest BCUT2D eigenvalue weighted by Crippen LogP contribution is -2.47. The van der Waals surface area contributed by atoms with E-state index < -0.39 is 12.0 Å². The molecule has 0 aromatic heterocycles. The maximum absolute atomic E-state index is 11.8. The molecule has 0 saturated carbocycles. The van der Waals surface area contributed by atoms with Gasteiger partial charge in [0.25, 0.3) is 0 Å². The van der Waals surface area contributed by atoms with E-state index in [9.17, 15) is 9.59 Å². The zero-order valence-electron chi connectivity index (χ0n) is 9.80. The van der Waals surface area contributed by atoms with E-state index in [-0.39, 0.29) is 5.91 Å². The number of hydrogen-bond acceptors (Lipinski definition) is 2. The normalized spacial score (nSPS) is 19.9. The number of nitrogens with zero attached hydrogens (tertiary/aromatic N) is 1. The summed E-state index contributed by atoms with van der Waals surface area (Å²) in [4.78, 5) is 24.4. The van der Waals surface area contributed by atoms with Crippen LogP contribution in [0.25, 0.3) is 0 Å². The van der Waals surface area contributed by atoms with Crippen LogP contribution in [0, 0.1) is 0 Å². The summed E-state index contributed by atoms with van der Waals surface area (Å²) in [6.45, 7) is 0.302. The molecule has 1 aromatic carbocycles. The van der Waals surface area contributed by atoms with E-state index >= 15 is 0 Å². The van der Waals surface area contributed by atoms with E-state index in [4.69, 9.17) is 16.7 Å². The molecule has 1 aliphatic heterocycles. The van der Waals surface area contributed by atoms with Crippen LogP contribution in [0.3, 0.4) is 0 Å². The van der Waals surface area contributed by atoms with E-state index in [0.29, 0.717) is 30.8 Å². The van der Waals surface area contributed by atoms with Gasteiger partial charge in [-0.3, -0.25) is 4.79 Å². The number of halogens is 1. The zero-order valence-corrected chi connectivity index (χ0v) is 10.6. The molecule has 0 aliphatic carbocycles. The molecule has 1 N–H and O–H groups in total. The van der Waals surface area contributed by atoms with Crippen molar-refractivity contribution in [2.24, 2.45) is 0 Å². The molecule has 1 atom stereocenters. The minimum Gasteiger partial charge on any atom is -0.480 e. The standard InChI is InChI=1S/C13H14ClNO3/c14-10-4-1-3-9(7-10)8-15-11(13(17)18)5-2-6-12(15)16/h1,3-4,7,11H,2,5-6,8H2,(H,17,18)/t11-/m1/s1. The summed E-state index contributed by atoms with van der Waals surface area (Å²) in [5, 5.41) is 9.73. The second-order valence-corrected chi connectivity index (χ2v) is 4.83. The van der Waals surface area contributed by atoms with Gasteiger partial charge in [-0.2, -0.15) is 0 Å². The van der Waals surface area contributed by atoms with Gasteiger partial charge in [-0.15, -0.1) is 0 Å². The lowest BCUT2D eigenvalue weighted by Gasteiger charge is -2.33. The second kappa shape index (κ2) is 5.40. The maximum Gasteiger partial charge on any atom is 0.326 e. The van der Waals surface area contributed by atoms with Crippen molar-refractivity contribution in [1.29, 1.82) is 0 Å². The number of carboxylic acids is 1. The molecule has 1 saturated heterocycles. The first-order chi connectivity index (χ1) is 8.58. The first-order valence-corrected chi connectivity index (χ1v) is 6.22. The Hall–Kier alpha value is -1.55. The van der Waals surface area contributed by atoms with Crippen LogP contribution >= 0.6 is 11.6 Å². The van der Waals surface area contributed by atoms with Crippen LogP contribution in [0.2, 0.25) is 5.02 Å². The number of likely N-dealkylation sites (tertiary alicyclic amines) is 1. The van der Waals surface area contributed by atoms with E-state index in [2.05, 4.69) is 0 Å². The first-order valence-electron chi connectivity index (χ1n) is 5.84. The average molecular weight is 268 g/mol. The highest BCUT2D eigenvalue weighted by molar-refractivity contribution is 6.30. The Balaban J connectivity index is 2.18. The van der Waals surface area contributed by atoms with Crippen molar-refractivity contribution in [1.82, 2.24) is 4.90 Å². The van der Waals surface area contributed by atoms with Crippen molar-refractivity contribution in [3.8, 4) is 0 Å². The van der Waals surface area contributed by atoms with Crippen molar-refractivity contribution in [3.05, 3.63) is 34.9 Å². The summed E-state index contributed by atoms with van der Waals surface area (Å²) in [5.74, 6) is -1.04. The van der Waals surface area contributed by atoms with Crippen LogP contribution in [0.1, 0.15) is 24.8 Å². The van der Waals surface area contributed by atoms with Gasteiger partial charge in [0.15, 0.2) is 0 Å². The first kappa shape index (κ1) is 12.9. The summed E-state index contributed by atoms with van der Waals surface area (Å²) in [6, 6.07) is 6.42. The number of carboxylic acid groups (broad SMARTS) is 1. The summed E-state index contributed by atoms with van der Waals surface area (Å²) in [5.41, 5.74) is 0.851. The summed E-state index contributed by atoms with van der Waals surface area (Å²) >= 11 is 5.88. The lowest BCUT2D eigenvalue weighted by atomic mass is 10.0. The Bertz CT molecular complexity index is 475. The Morgan fingerprint density at radius 3 is 2.94 bits per heavy atom. The molecular formula is C13H14ClNO3. The number of carbonyl (C=O) groups is 2. The highest BCUT2D eigenvalue weighted by Gasteiger charge is 2.32. The summed E-state index contributed by atoms with van der Waals surface area (Å²) in [6.07, 6.45) is 1.58. The van der Waals surface area contributed by atoms with Crippen LogP contribution in [-0.2, 0) is 16.1 Å². The number of hydrogen-bond donors (Lipinski definition) is 1. The third kappa shape index (κ3) is 2.82. The monoisotopic (exact) mass is 267 g/mol. The van der Waals surface area contributed by atoms with Crippen molar-refractivity contribution in [2.75, 3.05) is 0 Å². The molecule has 4 nitrogen and oxygen atoms in total. The fourth-order valence-corrected chi connectivity index (χ4v) is 2.42. The predicted molar refractivity (Wildman–Crippen MR) is 67.3 cm³/mol. The molecule has 0 radical (unpaired) electrons. The molecular weight excluding hydrogens is 254 g/mol. The zero-order chi connectivity index (χ0) is 13.1. The van der Waals surface area contributed by atoms with Crippen molar-refractivity contribution in [2.45, 2.75) is 31.8 Å². The third-order valence-corrected chi connectivity index (χ3v) is 3.33. The van der Waals surface area contributed by atoms with Crippen molar-refractivity contribution >= 4 is 23.5 Å². The van der Waals surface area contributed by atoms with Crippen molar-refractivity contribution < 1.29 is 14.7 Å². The average Bonchev–Trinajstić information content (AvgIpc) is 2.31. The van der Waals surface area contributed by atoms with Gasteiger partial charge < -0.3 is 10.0 Å². The van der Waals surface area contributed by atoms with Crippen LogP contribution in [0.4, 0.5) is 0 Å². The Morgan fingerprint density at radius 2 is 2.28 bits per heavy atom. The predicted octanol–water partition coefficient (Wildman–Crippen LogP) is 2.31.